The number of carboxylic acid groups (broad SMARTS) is 1. The molecule has 3 N–H and O–H groups in total. The van der Waals surface area contributed by atoms with Gasteiger partial charge in [0.2, 0.25) is 5.91 Å². The van der Waals surface area contributed by atoms with Gasteiger partial charge < -0.3 is 15.4 Å². The molecule has 2 aliphatic rings. The van der Waals surface area contributed by atoms with E-state index in [0.717, 1.165) is 17.3 Å². The molecule has 2 aromatic rings. The maximum Gasteiger partial charge on any atom is 0.353 e. The molecule has 29 heavy (non-hydrogen) atoms. The van der Waals surface area contributed by atoms with Crippen LogP contribution in [0.4, 0.5) is 0 Å². The fourth-order valence-electron chi connectivity index (χ4n) is 3.16. The van der Waals surface area contributed by atoms with Crippen LogP contribution in [0.2, 0.25) is 0 Å². The van der Waals surface area contributed by atoms with Gasteiger partial charge in [-0.25, -0.2) is 4.79 Å². The average molecular weight is 431 g/mol. The second kappa shape index (κ2) is 7.91. The minimum Gasteiger partial charge on any atom is -0.477 e. The highest BCUT2D eigenvalue weighted by atomic mass is 32.2. The number of carbonyl (C=O) groups is 3. The van der Waals surface area contributed by atoms with E-state index in [4.69, 9.17) is 0 Å². The van der Waals surface area contributed by atoms with Crippen molar-refractivity contribution < 1.29 is 19.5 Å². The van der Waals surface area contributed by atoms with Crippen LogP contribution >= 0.6 is 23.5 Å². The van der Waals surface area contributed by atoms with Gasteiger partial charge in [-0.2, -0.15) is 0 Å². The number of hydrogen-bond donors (Lipinski definition) is 3. The summed E-state index contributed by atoms with van der Waals surface area (Å²) in [4.78, 5) is 41.5. The Hall–Kier alpha value is -2.79. The van der Waals surface area contributed by atoms with E-state index in [-0.39, 0.29) is 18.0 Å². The van der Waals surface area contributed by atoms with E-state index in [1.54, 1.807) is 6.92 Å². The molecule has 0 saturated carbocycles. The number of nitrogens with one attached hydrogen (secondary N) is 2. The third-order valence-electron chi connectivity index (χ3n) is 4.46. The van der Waals surface area contributed by atoms with E-state index in [0.29, 0.717) is 21.6 Å². The van der Waals surface area contributed by atoms with Crippen LogP contribution in [0.15, 0.2) is 46.1 Å². The van der Waals surface area contributed by atoms with Crippen molar-refractivity contribution in [1.82, 2.24) is 25.4 Å². The van der Waals surface area contributed by atoms with Crippen LogP contribution in [0, 0.1) is 6.92 Å². The summed E-state index contributed by atoms with van der Waals surface area (Å²) < 4.78 is 0. The molecule has 0 spiro atoms. The third kappa shape index (κ3) is 3.87. The van der Waals surface area contributed by atoms with E-state index in [9.17, 15) is 19.5 Å². The number of hydrogen-bond acceptors (Lipinski definition) is 7. The largest absolute Gasteiger partial charge is 0.477 e. The molecule has 11 heteroatoms. The van der Waals surface area contributed by atoms with Crippen molar-refractivity contribution in [2.24, 2.45) is 0 Å². The molecule has 1 aromatic heterocycles. The van der Waals surface area contributed by atoms with Gasteiger partial charge in [-0.1, -0.05) is 42.1 Å². The van der Waals surface area contributed by atoms with Crippen molar-refractivity contribution in [3.8, 4) is 0 Å². The predicted octanol–water partition coefficient (Wildman–Crippen LogP) is 1.14. The van der Waals surface area contributed by atoms with Gasteiger partial charge in [-0.05, 0) is 12.5 Å². The van der Waals surface area contributed by atoms with Crippen LogP contribution in [0.5, 0.6) is 0 Å². The number of nitrogens with zero attached hydrogens (tertiary/aromatic N) is 3. The van der Waals surface area contributed by atoms with Gasteiger partial charge in [-0.3, -0.25) is 14.5 Å². The summed E-state index contributed by atoms with van der Waals surface area (Å²) in [6.45, 7) is 1.75. The molecule has 0 bridgehead atoms. The van der Waals surface area contributed by atoms with Crippen molar-refractivity contribution in [1.29, 1.82) is 0 Å². The lowest BCUT2D eigenvalue weighted by atomic mass is 10.0. The van der Waals surface area contributed by atoms with E-state index >= 15 is 0 Å². The molecule has 9 nitrogen and oxygen atoms in total. The van der Waals surface area contributed by atoms with E-state index in [1.807, 2.05) is 30.3 Å². The van der Waals surface area contributed by atoms with Crippen LogP contribution in [-0.4, -0.2) is 60.1 Å². The highest BCUT2D eigenvalue weighted by Crippen LogP contribution is 2.44. The second-order valence-electron chi connectivity index (χ2n) is 6.51. The summed E-state index contributed by atoms with van der Waals surface area (Å²) in [5.41, 5.74) is 0.781. The first-order valence-electron chi connectivity index (χ1n) is 8.75. The normalized spacial score (nSPS) is 20.9. The number of benzene rings is 1. The number of carbonyl (C=O) groups excluding carboxylic acids is 2. The van der Waals surface area contributed by atoms with Crippen LogP contribution in [0.3, 0.4) is 0 Å². The number of aliphatic carboxylic acids is 1. The molecule has 1 aromatic carbocycles. The summed E-state index contributed by atoms with van der Waals surface area (Å²) in [5, 5.41) is 20.3. The average Bonchev–Trinajstić information content (AvgIpc) is 3.11. The quantitative estimate of drug-likeness (QED) is 0.581. The first-order valence-corrected chi connectivity index (χ1v) is 10.6. The number of rotatable bonds is 6. The van der Waals surface area contributed by atoms with Gasteiger partial charge >= 0.3 is 5.97 Å². The van der Waals surface area contributed by atoms with Gasteiger partial charge in [0.25, 0.3) is 5.91 Å². The molecular weight excluding hydrogens is 414 g/mol. The molecular formula is C18H17N5O4S2. The van der Waals surface area contributed by atoms with Crippen molar-refractivity contribution in [2.45, 2.75) is 29.9 Å². The van der Waals surface area contributed by atoms with Gasteiger partial charge in [0.1, 0.15) is 22.9 Å². The Bertz CT molecular complexity index is 1010. The Morgan fingerprint density at radius 2 is 2.10 bits per heavy atom. The lowest BCUT2D eigenvalue weighted by molar-refractivity contribution is -0.150. The molecule has 2 amide bonds. The van der Waals surface area contributed by atoms with Crippen molar-refractivity contribution in [3.05, 3.63) is 52.3 Å². The SMILES string of the molecule is Cc1nnc(SC2=C(C(=O)O)N3C(=O)[C@@H](NC(=O)Cc4ccccc4)[C@H]3SC2)[nH]1. The van der Waals surface area contributed by atoms with Crippen molar-refractivity contribution in [3.63, 3.8) is 0 Å². The Morgan fingerprint density at radius 1 is 1.34 bits per heavy atom. The lowest BCUT2D eigenvalue weighted by Gasteiger charge is -2.49. The van der Waals surface area contributed by atoms with E-state index in [1.165, 1.54) is 16.7 Å². The molecule has 0 unspecified atom stereocenters. The minimum absolute atomic E-state index is 0.0636. The number of carboxylic acids is 1. The zero-order chi connectivity index (χ0) is 20.5. The molecule has 150 valence electrons. The standard InChI is InChI=1S/C18H17N5O4S2/c1-9-19-18(22-21-9)29-11-8-28-16-13(15(25)23(16)14(11)17(26)27)20-12(24)7-10-5-3-2-4-6-10/h2-6,13,16H,7-8H2,1H3,(H,20,24)(H,26,27)(H,19,21,22)/t13-,16-/m1/s1. The summed E-state index contributed by atoms with van der Waals surface area (Å²) in [7, 11) is 0. The molecule has 2 atom stereocenters. The minimum atomic E-state index is -1.18. The fourth-order valence-corrected chi connectivity index (χ4v) is 5.59. The zero-order valence-electron chi connectivity index (χ0n) is 15.3. The maximum absolute atomic E-state index is 12.7. The molecule has 4 rings (SSSR count). The Balaban J connectivity index is 1.47. The molecule has 2 aliphatic heterocycles. The van der Waals surface area contributed by atoms with Gasteiger partial charge in [0.05, 0.1) is 6.42 Å². The predicted molar refractivity (Wildman–Crippen MR) is 107 cm³/mol. The first-order chi connectivity index (χ1) is 13.9. The fraction of sp³-hybridized carbons (Fsp3) is 0.278. The van der Waals surface area contributed by atoms with Crippen LogP contribution in [0.1, 0.15) is 11.4 Å². The van der Waals surface area contributed by atoms with E-state index in [2.05, 4.69) is 20.5 Å². The molecule has 1 fully saturated rings. The number of aromatic amines is 1. The smallest absolute Gasteiger partial charge is 0.353 e. The number of fused-ring (bicyclic) bond motifs is 1. The molecule has 3 heterocycles. The summed E-state index contributed by atoms with van der Waals surface area (Å²) in [5.74, 6) is -0.865. The monoisotopic (exact) mass is 431 g/mol. The van der Waals surface area contributed by atoms with Crippen molar-refractivity contribution >= 4 is 41.3 Å². The number of thioether (sulfide) groups is 2. The van der Waals surface area contributed by atoms with Gasteiger partial charge in [0, 0.05) is 10.7 Å². The van der Waals surface area contributed by atoms with E-state index < -0.39 is 23.3 Å². The molecule has 0 radical (unpaired) electrons. The van der Waals surface area contributed by atoms with Gasteiger partial charge in [-0.15, -0.1) is 22.0 Å². The summed E-state index contributed by atoms with van der Waals surface area (Å²) in [6.07, 6.45) is 0.162. The summed E-state index contributed by atoms with van der Waals surface area (Å²) in [6, 6.07) is 8.49. The first kappa shape index (κ1) is 19.5. The Labute approximate surface area is 174 Å². The number of H-pyrrole nitrogens is 1. The second-order valence-corrected chi connectivity index (χ2v) is 8.70. The Kier molecular flexibility index (Phi) is 5.33. The number of β-lactam (4-membered cyclic amide) rings is 1. The third-order valence-corrected chi connectivity index (χ3v) is 6.88. The lowest BCUT2D eigenvalue weighted by Crippen LogP contribution is -2.70. The highest BCUT2D eigenvalue weighted by Gasteiger charge is 2.54. The van der Waals surface area contributed by atoms with Crippen LogP contribution < -0.4 is 5.32 Å². The number of aromatic nitrogens is 3. The molecule has 0 aliphatic carbocycles. The number of aryl methyl sites for hydroxylation is 1. The number of amides is 2. The zero-order valence-corrected chi connectivity index (χ0v) is 16.9. The van der Waals surface area contributed by atoms with Crippen molar-refractivity contribution in [2.75, 3.05) is 5.75 Å². The van der Waals surface area contributed by atoms with Crippen LogP contribution in [0.25, 0.3) is 0 Å². The topological polar surface area (TPSA) is 128 Å². The maximum atomic E-state index is 12.7. The van der Waals surface area contributed by atoms with Gasteiger partial charge in [0.15, 0.2) is 5.16 Å². The molecule has 1 saturated heterocycles. The summed E-state index contributed by atoms with van der Waals surface area (Å²) >= 11 is 2.56. The Morgan fingerprint density at radius 3 is 2.76 bits per heavy atom. The highest BCUT2D eigenvalue weighted by molar-refractivity contribution is 8.06. The van der Waals surface area contributed by atoms with Crippen LogP contribution in [-0.2, 0) is 20.8 Å².